The fourth-order valence-corrected chi connectivity index (χ4v) is 14.5. The van der Waals surface area contributed by atoms with Crippen LogP contribution in [0.5, 0.6) is 0 Å². The number of nitrogens with zero attached hydrogens (tertiary/aromatic N) is 3. The third-order valence-corrected chi connectivity index (χ3v) is 17.5. The van der Waals surface area contributed by atoms with Crippen LogP contribution in [-0.4, -0.2) is 6.71 Å². The predicted octanol–water partition coefficient (Wildman–Crippen LogP) is 16.3. The molecule has 0 radical (unpaired) electrons. The summed E-state index contributed by atoms with van der Waals surface area (Å²) in [5.74, 6) is 0. The second-order valence-electron chi connectivity index (χ2n) is 19.2. The van der Waals surface area contributed by atoms with E-state index in [1.54, 1.807) is 0 Å². The van der Waals surface area contributed by atoms with Crippen LogP contribution in [0.4, 0.5) is 51.2 Å². The van der Waals surface area contributed by atoms with Gasteiger partial charge in [0.1, 0.15) is 0 Å². The van der Waals surface area contributed by atoms with Crippen LogP contribution in [0.25, 0.3) is 51.5 Å². The monoisotopic (exact) mass is 915 g/mol. The Morgan fingerprint density at radius 2 is 0.928 bits per heavy atom. The Labute approximate surface area is 409 Å². The van der Waals surface area contributed by atoms with E-state index in [0.717, 1.165) is 22.7 Å². The van der Waals surface area contributed by atoms with Crippen molar-refractivity contribution in [1.29, 1.82) is 0 Å². The van der Waals surface area contributed by atoms with Crippen molar-refractivity contribution >= 4 is 137 Å². The van der Waals surface area contributed by atoms with Crippen LogP contribution in [0.3, 0.4) is 0 Å². The molecule has 69 heavy (non-hydrogen) atoms. The molecule has 2 aliphatic heterocycles. The first-order valence-corrected chi connectivity index (χ1v) is 25.5. The smallest absolute Gasteiger partial charge is 0.252 e. The molecule has 12 aromatic rings. The van der Waals surface area contributed by atoms with Crippen molar-refractivity contribution in [3.05, 3.63) is 230 Å². The van der Waals surface area contributed by atoms with Crippen molar-refractivity contribution in [1.82, 2.24) is 0 Å². The number of thiophene rings is 2. The molecule has 2 aromatic heterocycles. The van der Waals surface area contributed by atoms with Gasteiger partial charge in [0.2, 0.25) is 0 Å². The maximum atomic E-state index is 2.61. The van der Waals surface area contributed by atoms with Gasteiger partial charge >= 0.3 is 0 Å². The Balaban J connectivity index is 1.13. The molecular weight excluding hydrogens is 874 g/mol. The molecule has 0 saturated carbocycles. The zero-order chi connectivity index (χ0) is 45.5. The lowest BCUT2D eigenvalue weighted by atomic mass is 9.33. The van der Waals surface area contributed by atoms with Crippen molar-refractivity contribution in [2.75, 3.05) is 14.7 Å². The van der Waals surface area contributed by atoms with Crippen LogP contribution >= 0.6 is 22.7 Å². The first-order chi connectivity index (χ1) is 34.0. The van der Waals surface area contributed by atoms with Gasteiger partial charge in [-0.2, -0.15) is 0 Å². The summed E-state index contributed by atoms with van der Waals surface area (Å²) in [6.45, 7) is 4.70. The highest BCUT2D eigenvalue weighted by atomic mass is 32.1. The highest BCUT2D eigenvalue weighted by Crippen LogP contribution is 2.57. The molecule has 0 amide bonds. The molecule has 3 nitrogen and oxygen atoms in total. The van der Waals surface area contributed by atoms with Gasteiger partial charge in [-0.1, -0.05) is 153 Å². The third-order valence-electron chi connectivity index (χ3n) is 15.2. The van der Waals surface area contributed by atoms with Gasteiger partial charge in [0.25, 0.3) is 6.71 Å². The van der Waals surface area contributed by atoms with Crippen molar-refractivity contribution in [2.45, 2.75) is 19.3 Å². The van der Waals surface area contributed by atoms with Crippen LogP contribution in [0.2, 0.25) is 0 Å². The van der Waals surface area contributed by atoms with Gasteiger partial charge in [-0.25, -0.2) is 0 Å². The van der Waals surface area contributed by atoms with E-state index in [9.17, 15) is 0 Å². The van der Waals surface area contributed by atoms with Crippen molar-refractivity contribution < 1.29 is 0 Å². The van der Waals surface area contributed by atoms with E-state index in [4.69, 9.17) is 0 Å². The molecule has 0 unspecified atom stereocenters. The Morgan fingerprint density at radius 1 is 0.435 bits per heavy atom. The second-order valence-corrected chi connectivity index (χ2v) is 21.3. The molecule has 10 aromatic carbocycles. The minimum absolute atomic E-state index is 0.0566. The van der Waals surface area contributed by atoms with E-state index in [0.29, 0.717) is 0 Å². The molecule has 0 bridgehead atoms. The Bertz CT molecular complexity index is 3900. The molecule has 1 aliphatic carbocycles. The van der Waals surface area contributed by atoms with Gasteiger partial charge < -0.3 is 14.7 Å². The molecule has 0 saturated heterocycles. The van der Waals surface area contributed by atoms with E-state index in [1.165, 1.54) is 107 Å². The van der Waals surface area contributed by atoms with Crippen molar-refractivity contribution in [3.63, 3.8) is 0 Å². The Hall–Kier alpha value is -7.90. The quantitative estimate of drug-likeness (QED) is 0.159. The third kappa shape index (κ3) is 5.44. The lowest BCUT2D eigenvalue weighted by Gasteiger charge is -2.45. The second kappa shape index (κ2) is 14.6. The average Bonchev–Trinajstić information content (AvgIpc) is 4.05. The zero-order valence-corrected chi connectivity index (χ0v) is 39.7. The molecule has 0 spiro atoms. The number of anilines is 9. The number of hydrogen-bond donors (Lipinski definition) is 0. The summed E-state index contributed by atoms with van der Waals surface area (Å²) in [4.78, 5) is 7.76. The molecule has 0 N–H and O–H groups in total. The highest BCUT2D eigenvalue weighted by molar-refractivity contribution is 7.26. The number of rotatable bonds is 5. The summed E-state index contributed by atoms with van der Waals surface area (Å²) in [6, 6.07) is 82.0. The number of fused-ring (bicyclic) bond motifs is 15. The van der Waals surface area contributed by atoms with Crippen LogP contribution in [0.15, 0.2) is 218 Å². The first-order valence-electron chi connectivity index (χ1n) is 23.9. The molecule has 0 atom stereocenters. The minimum atomic E-state index is -0.162. The highest BCUT2D eigenvalue weighted by Gasteiger charge is 2.46. The van der Waals surface area contributed by atoms with Gasteiger partial charge in [-0.15, -0.1) is 22.7 Å². The van der Waals surface area contributed by atoms with Crippen molar-refractivity contribution in [2.24, 2.45) is 0 Å². The molecule has 15 rings (SSSR count). The molecule has 4 heterocycles. The number of benzene rings is 10. The summed E-state index contributed by atoms with van der Waals surface area (Å²) in [6.07, 6.45) is 0. The van der Waals surface area contributed by atoms with Gasteiger partial charge in [0, 0.05) is 79.8 Å². The SMILES string of the molecule is CC1(C)c2ccccc2-c2c(N(c3ccccc3)c3cc4c5c(c3)N(c3ccccc3)c3c(ccc6sc7ccccc7c36)B5c3ccc5sc6ccccc6c5c3N4c3ccccc3)cccc21. The van der Waals surface area contributed by atoms with Crippen LogP contribution in [0.1, 0.15) is 25.0 Å². The number of para-hydroxylation sites is 3. The van der Waals surface area contributed by atoms with Crippen LogP contribution in [0, 0.1) is 0 Å². The summed E-state index contributed by atoms with van der Waals surface area (Å²) >= 11 is 3.79. The van der Waals surface area contributed by atoms with Gasteiger partial charge in [-0.05, 0) is 112 Å². The topological polar surface area (TPSA) is 9.72 Å². The van der Waals surface area contributed by atoms with Crippen LogP contribution < -0.4 is 31.1 Å². The van der Waals surface area contributed by atoms with Gasteiger partial charge in [-0.3, -0.25) is 0 Å². The van der Waals surface area contributed by atoms with E-state index in [-0.39, 0.29) is 12.1 Å². The fraction of sp³-hybridized carbons (Fsp3) is 0.0476. The molecule has 6 heteroatoms. The maximum Gasteiger partial charge on any atom is 0.252 e. The van der Waals surface area contributed by atoms with Crippen molar-refractivity contribution in [3.8, 4) is 11.1 Å². The Kier molecular flexibility index (Phi) is 8.26. The van der Waals surface area contributed by atoms with Crippen LogP contribution in [-0.2, 0) is 5.41 Å². The lowest BCUT2D eigenvalue weighted by molar-refractivity contribution is 0.660. The molecular formula is C63H42BN3S2. The van der Waals surface area contributed by atoms with Gasteiger partial charge in [0.15, 0.2) is 0 Å². The summed E-state index contributed by atoms with van der Waals surface area (Å²) < 4.78 is 5.19. The van der Waals surface area contributed by atoms with E-state index in [2.05, 4.69) is 247 Å². The van der Waals surface area contributed by atoms with E-state index < -0.39 is 0 Å². The first kappa shape index (κ1) is 39.1. The summed E-state index contributed by atoms with van der Waals surface area (Å²) in [7, 11) is 0. The maximum absolute atomic E-state index is 2.61. The standard InChI is InChI=1S/C63H42BN3S2/c1-63(2)46-28-15-12-25-43(46)57-47(63)29-18-30-50(57)65(39-19-6-3-7-20-39)42-37-51-60-52(38-42)67(41-23-10-5-11-24-41)62-49(34-36-56-59(62)45-27-14-17-32-54(45)69-56)64(60)48-33-35-55-58(44-26-13-16-31-53(44)68-55)61(48)66(51)40-21-8-4-9-22-40/h3-38H,1-2H3. The fourth-order valence-electron chi connectivity index (χ4n) is 12.3. The predicted molar refractivity (Wildman–Crippen MR) is 298 cm³/mol. The van der Waals surface area contributed by atoms with E-state index in [1.807, 2.05) is 22.7 Å². The molecule has 324 valence electrons. The minimum Gasteiger partial charge on any atom is -0.311 e. The van der Waals surface area contributed by atoms with E-state index >= 15 is 0 Å². The Morgan fingerprint density at radius 3 is 1.51 bits per heavy atom. The number of hydrogen-bond acceptors (Lipinski definition) is 5. The lowest BCUT2D eigenvalue weighted by Crippen LogP contribution is -2.61. The van der Waals surface area contributed by atoms with Gasteiger partial charge in [0.05, 0.1) is 22.7 Å². The largest absolute Gasteiger partial charge is 0.311 e. The average molecular weight is 916 g/mol. The molecule has 0 fully saturated rings. The zero-order valence-electron chi connectivity index (χ0n) is 38.0. The molecule has 3 aliphatic rings. The summed E-state index contributed by atoms with van der Waals surface area (Å²) in [5, 5.41) is 5.21. The normalized spacial score (nSPS) is 14.0. The summed E-state index contributed by atoms with van der Waals surface area (Å²) in [5.41, 5.74) is 19.6.